The highest BCUT2D eigenvalue weighted by molar-refractivity contribution is 7.98. The minimum absolute atomic E-state index is 0.0863. The van der Waals surface area contributed by atoms with Crippen LogP contribution < -0.4 is 5.73 Å². The zero-order valence-corrected chi connectivity index (χ0v) is 11.7. The van der Waals surface area contributed by atoms with E-state index in [2.05, 4.69) is 40.7 Å². The second-order valence-corrected chi connectivity index (χ2v) is 5.33. The standard InChI is InChI=1S/C14H19N3S/c1-3-17-8-7-16-14(17)10-18-13-6-4-5-12(9-13)11(2)15/h4-9,11H,3,10,15H2,1-2H3. The van der Waals surface area contributed by atoms with Crippen LogP contribution in [0.1, 0.15) is 31.3 Å². The average molecular weight is 261 g/mol. The molecule has 1 atom stereocenters. The van der Waals surface area contributed by atoms with E-state index in [1.165, 1.54) is 10.5 Å². The number of nitrogens with two attached hydrogens (primary N) is 1. The van der Waals surface area contributed by atoms with Crippen molar-refractivity contribution in [3.63, 3.8) is 0 Å². The molecule has 0 aliphatic heterocycles. The van der Waals surface area contributed by atoms with Crippen LogP contribution in [0.4, 0.5) is 0 Å². The maximum atomic E-state index is 5.89. The van der Waals surface area contributed by atoms with Gasteiger partial charge in [0.05, 0.1) is 5.75 Å². The zero-order valence-electron chi connectivity index (χ0n) is 10.8. The predicted octanol–water partition coefficient (Wildman–Crippen LogP) is 3.22. The molecule has 96 valence electrons. The molecule has 0 spiro atoms. The summed E-state index contributed by atoms with van der Waals surface area (Å²) in [6, 6.07) is 8.50. The van der Waals surface area contributed by atoms with E-state index in [0.717, 1.165) is 18.1 Å². The maximum absolute atomic E-state index is 5.89. The van der Waals surface area contributed by atoms with Crippen LogP contribution in [-0.4, -0.2) is 9.55 Å². The van der Waals surface area contributed by atoms with Crippen LogP contribution in [-0.2, 0) is 12.3 Å². The summed E-state index contributed by atoms with van der Waals surface area (Å²) in [7, 11) is 0. The molecule has 0 aliphatic carbocycles. The van der Waals surface area contributed by atoms with Gasteiger partial charge < -0.3 is 10.3 Å². The average Bonchev–Trinajstić information content (AvgIpc) is 2.84. The minimum atomic E-state index is 0.0863. The molecule has 1 heterocycles. The zero-order chi connectivity index (χ0) is 13.0. The molecular weight excluding hydrogens is 242 g/mol. The first kappa shape index (κ1) is 13.2. The molecule has 3 nitrogen and oxygen atoms in total. The van der Waals surface area contributed by atoms with Gasteiger partial charge in [-0.05, 0) is 31.5 Å². The molecule has 0 saturated heterocycles. The summed E-state index contributed by atoms with van der Waals surface area (Å²) in [6.07, 6.45) is 3.88. The third-order valence-electron chi connectivity index (χ3n) is 2.89. The molecule has 2 N–H and O–H groups in total. The number of aromatic nitrogens is 2. The van der Waals surface area contributed by atoms with Crippen LogP contribution in [0.3, 0.4) is 0 Å². The summed E-state index contributed by atoms with van der Waals surface area (Å²) in [5.41, 5.74) is 7.07. The fourth-order valence-corrected chi connectivity index (χ4v) is 2.73. The summed E-state index contributed by atoms with van der Waals surface area (Å²) in [5.74, 6) is 2.01. The van der Waals surface area contributed by atoms with Crippen LogP contribution in [0.5, 0.6) is 0 Å². The second kappa shape index (κ2) is 6.07. The fourth-order valence-electron chi connectivity index (χ4n) is 1.80. The van der Waals surface area contributed by atoms with Crippen molar-refractivity contribution in [1.82, 2.24) is 9.55 Å². The number of thioether (sulfide) groups is 1. The van der Waals surface area contributed by atoms with E-state index in [4.69, 9.17) is 5.73 Å². The van der Waals surface area contributed by atoms with Crippen LogP contribution in [0, 0.1) is 0 Å². The molecule has 0 aliphatic rings. The Morgan fingerprint density at radius 3 is 3.00 bits per heavy atom. The molecule has 4 heteroatoms. The Morgan fingerprint density at radius 1 is 1.44 bits per heavy atom. The topological polar surface area (TPSA) is 43.8 Å². The van der Waals surface area contributed by atoms with Crippen molar-refractivity contribution >= 4 is 11.8 Å². The van der Waals surface area contributed by atoms with E-state index in [-0.39, 0.29) is 6.04 Å². The molecular formula is C14H19N3S. The van der Waals surface area contributed by atoms with Gasteiger partial charge >= 0.3 is 0 Å². The smallest absolute Gasteiger partial charge is 0.119 e. The minimum Gasteiger partial charge on any atom is -0.335 e. The highest BCUT2D eigenvalue weighted by atomic mass is 32.2. The lowest BCUT2D eigenvalue weighted by Crippen LogP contribution is -2.04. The van der Waals surface area contributed by atoms with Crippen LogP contribution in [0.25, 0.3) is 0 Å². The maximum Gasteiger partial charge on any atom is 0.119 e. The summed E-state index contributed by atoms with van der Waals surface area (Å²) in [5, 5.41) is 0. The monoisotopic (exact) mass is 261 g/mol. The number of nitrogens with zero attached hydrogens (tertiary/aromatic N) is 2. The largest absolute Gasteiger partial charge is 0.335 e. The van der Waals surface area contributed by atoms with Gasteiger partial charge in [-0.2, -0.15) is 0 Å². The van der Waals surface area contributed by atoms with Crippen molar-refractivity contribution in [1.29, 1.82) is 0 Å². The molecule has 0 bridgehead atoms. The van der Waals surface area contributed by atoms with Crippen LogP contribution >= 0.6 is 11.8 Å². The molecule has 1 unspecified atom stereocenters. The van der Waals surface area contributed by atoms with Gasteiger partial charge in [0.25, 0.3) is 0 Å². The Kier molecular flexibility index (Phi) is 4.44. The molecule has 0 saturated carbocycles. The number of hydrogen-bond acceptors (Lipinski definition) is 3. The van der Waals surface area contributed by atoms with Crippen molar-refractivity contribution in [2.75, 3.05) is 0 Å². The van der Waals surface area contributed by atoms with Gasteiger partial charge in [0, 0.05) is 29.9 Å². The summed E-state index contributed by atoms with van der Waals surface area (Å²) in [6.45, 7) is 5.11. The van der Waals surface area contributed by atoms with Gasteiger partial charge in [0.15, 0.2) is 0 Å². The second-order valence-electron chi connectivity index (χ2n) is 4.28. The normalized spacial score (nSPS) is 12.6. The quantitative estimate of drug-likeness (QED) is 0.840. The van der Waals surface area contributed by atoms with E-state index in [1.54, 1.807) is 11.8 Å². The number of hydrogen-bond donors (Lipinski definition) is 1. The van der Waals surface area contributed by atoms with Crippen LogP contribution in [0.2, 0.25) is 0 Å². The first-order chi connectivity index (χ1) is 8.70. The number of benzene rings is 1. The fraction of sp³-hybridized carbons (Fsp3) is 0.357. The third kappa shape index (κ3) is 3.15. The SMILES string of the molecule is CCn1ccnc1CSc1cccc(C(C)N)c1. The molecule has 18 heavy (non-hydrogen) atoms. The Morgan fingerprint density at radius 2 is 2.28 bits per heavy atom. The Labute approximate surface area is 112 Å². The Bertz CT molecular complexity index is 505. The van der Waals surface area contributed by atoms with E-state index < -0.39 is 0 Å². The van der Waals surface area contributed by atoms with Crippen molar-refractivity contribution < 1.29 is 0 Å². The predicted molar refractivity (Wildman–Crippen MR) is 76.5 cm³/mol. The lowest BCUT2D eigenvalue weighted by molar-refractivity contribution is 0.725. The van der Waals surface area contributed by atoms with Gasteiger partial charge in [0.2, 0.25) is 0 Å². The summed E-state index contributed by atoms with van der Waals surface area (Å²) >= 11 is 1.80. The summed E-state index contributed by atoms with van der Waals surface area (Å²) in [4.78, 5) is 5.62. The van der Waals surface area contributed by atoms with E-state index in [9.17, 15) is 0 Å². The first-order valence-corrected chi connectivity index (χ1v) is 7.17. The van der Waals surface area contributed by atoms with Crippen molar-refractivity contribution in [2.45, 2.75) is 37.1 Å². The molecule has 0 radical (unpaired) electrons. The highest BCUT2D eigenvalue weighted by Gasteiger charge is 2.04. The molecule has 0 fully saturated rings. The van der Waals surface area contributed by atoms with E-state index in [1.807, 2.05) is 19.3 Å². The highest BCUT2D eigenvalue weighted by Crippen LogP contribution is 2.24. The lowest BCUT2D eigenvalue weighted by Gasteiger charge is -2.08. The third-order valence-corrected chi connectivity index (χ3v) is 3.88. The number of rotatable bonds is 5. The van der Waals surface area contributed by atoms with Crippen LogP contribution in [0.15, 0.2) is 41.6 Å². The molecule has 2 rings (SSSR count). The Balaban J connectivity index is 2.04. The lowest BCUT2D eigenvalue weighted by atomic mass is 10.1. The van der Waals surface area contributed by atoms with E-state index in [0.29, 0.717) is 0 Å². The van der Waals surface area contributed by atoms with Gasteiger partial charge in [-0.3, -0.25) is 0 Å². The van der Waals surface area contributed by atoms with E-state index >= 15 is 0 Å². The number of imidazole rings is 1. The Hall–Kier alpha value is -1.26. The van der Waals surface area contributed by atoms with Gasteiger partial charge in [-0.25, -0.2) is 4.98 Å². The molecule has 1 aromatic carbocycles. The summed E-state index contributed by atoms with van der Waals surface area (Å²) < 4.78 is 2.17. The van der Waals surface area contributed by atoms with Gasteiger partial charge in [0.1, 0.15) is 5.82 Å². The van der Waals surface area contributed by atoms with Gasteiger partial charge in [-0.15, -0.1) is 11.8 Å². The van der Waals surface area contributed by atoms with Crippen molar-refractivity contribution in [3.05, 3.63) is 48.0 Å². The van der Waals surface area contributed by atoms with Crippen molar-refractivity contribution in [2.24, 2.45) is 5.73 Å². The molecule has 0 amide bonds. The molecule has 2 aromatic rings. The first-order valence-electron chi connectivity index (χ1n) is 6.19. The van der Waals surface area contributed by atoms with Crippen molar-refractivity contribution in [3.8, 4) is 0 Å². The molecule has 1 aromatic heterocycles. The number of aryl methyl sites for hydroxylation is 1. The van der Waals surface area contributed by atoms with Gasteiger partial charge in [-0.1, -0.05) is 12.1 Å².